The summed E-state index contributed by atoms with van der Waals surface area (Å²) in [5.41, 5.74) is 1.54. The Labute approximate surface area is 183 Å². The summed E-state index contributed by atoms with van der Waals surface area (Å²) in [6, 6.07) is 13.2. The van der Waals surface area contributed by atoms with Crippen LogP contribution in [0.3, 0.4) is 0 Å². The van der Waals surface area contributed by atoms with Crippen LogP contribution in [-0.2, 0) is 11.2 Å². The van der Waals surface area contributed by atoms with E-state index in [2.05, 4.69) is 25.6 Å². The van der Waals surface area contributed by atoms with E-state index in [1.54, 1.807) is 53.6 Å². The summed E-state index contributed by atoms with van der Waals surface area (Å²) < 4.78 is 15.7. The van der Waals surface area contributed by atoms with Crippen molar-refractivity contribution in [2.75, 3.05) is 10.6 Å². The minimum atomic E-state index is -0.502. The number of nitrogens with one attached hydrogen (secondary N) is 2. The van der Waals surface area contributed by atoms with E-state index in [0.29, 0.717) is 23.1 Å². The first-order chi connectivity index (χ1) is 15.0. The second-order valence-corrected chi connectivity index (χ2v) is 7.16. The molecule has 0 saturated heterocycles. The number of imidazole rings is 1. The molecule has 2 heterocycles. The van der Waals surface area contributed by atoms with E-state index in [9.17, 15) is 9.18 Å². The standard InChI is InChI=1S/C22H18ClFN6O/c1-14-26-20(12-21(27-14)30-10-9-25-13-30)28-15-5-7-16(8-6-15)29-22(31)11-17-18(23)3-2-4-19(17)24/h2-10,12-13H,11H2,1H3,(H,29,31)(H,26,27,28). The van der Waals surface area contributed by atoms with E-state index >= 15 is 0 Å². The van der Waals surface area contributed by atoms with Crippen LogP contribution in [0, 0.1) is 12.7 Å². The van der Waals surface area contributed by atoms with Crippen LogP contribution in [0.4, 0.5) is 21.6 Å². The molecule has 2 aromatic carbocycles. The van der Waals surface area contributed by atoms with Crippen molar-refractivity contribution in [2.45, 2.75) is 13.3 Å². The van der Waals surface area contributed by atoms with Gasteiger partial charge in [0.1, 0.15) is 29.6 Å². The number of carbonyl (C=O) groups is 1. The lowest BCUT2D eigenvalue weighted by atomic mass is 10.1. The van der Waals surface area contributed by atoms with Crippen LogP contribution in [0.25, 0.3) is 5.82 Å². The van der Waals surface area contributed by atoms with Crippen LogP contribution in [0.15, 0.2) is 67.3 Å². The Balaban J connectivity index is 1.42. The number of hydrogen-bond acceptors (Lipinski definition) is 5. The molecular formula is C22H18ClFN6O. The Bertz CT molecular complexity index is 1190. The van der Waals surface area contributed by atoms with Crippen LogP contribution < -0.4 is 10.6 Å². The quantitative estimate of drug-likeness (QED) is 0.458. The van der Waals surface area contributed by atoms with Gasteiger partial charge in [0.15, 0.2) is 0 Å². The van der Waals surface area contributed by atoms with Gasteiger partial charge in [-0.15, -0.1) is 0 Å². The number of hydrogen-bond donors (Lipinski definition) is 2. The Hall–Kier alpha value is -3.78. The third kappa shape index (κ3) is 5.04. The molecule has 0 aliphatic heterocycles. The average Bonchev–Trinajstić information content (AvgIpc) is 3.27. The van der Waals surface area contributed by atoms with Crippen LogP contribution in [0.1, 0.15) is 11.4 Å². The molecule has 0 spiro atoms. The largest absolute Gasteiger partial charge is 0.340 e. The van der Waals surface area contributed by atoms with Crippen LogP contribution >= 0.6 is 11.6 Å². The van der Waals surface area contributed by atoms with E-state index < -0.39 is 5.82 Å². The fourth-order valence-electron chi connectivity index (χ4n) is 2.99. The summed E-state index contributed by atoms with van der Waals surface area (Å²) in [7, 11) is 0. The normalized spacial score (nSPS) is 10.7. The van der Waals surface area contributed by atoms with Gasteiger partial charge < -0.3 is 10.6 Å². The molecule has 31 heavy (non-hydrogen) atoms. The smallest absolute Gasteiger partial charge is 0.228 e. The van der Waals surface area contributed by atoms with Crippen molar-refractivity contribution in [3.8, 4) is 5.82 Å². The molecule has 0 fully saturated rings. The maximum absolute atomic E-state index is 13.9. The second kappa shape index (κ2) is 8.93. The fourth-order valence-corrected chi connectivity index (χ4v) is 3.22. The highest BCUT2D eigenvalue weighted by Gasteiger charge is 2.12. The molecule has 7 nitrogen and oxygen atoms in total. The molecule has 1 amide bonds. The van der Waals surface area contributed by atoms with Gasteiger partial charge in [-0.1, -0.05) is 17.7 Å². The molecule has 0 radical (unpaired) electrons. The van der Waals surface area contributed by atoms with E-state index in [4.69, 9.17) is 11.6 Å². The van der Waals surface area contributed by atoms with Crippen LogP contribution in [0.5, 0.6) is 0 Å². The average molecular weight is 437 g/mol. The summed E-state index contributed by atoms with van der Waals surface area (Å²) in [5, 5.41) is 6.19. The van der Waals surface area contributed by atoms with Gasteiger partial charge in [-0.05, 0) is 43.3 Å². The molecule has 0 bridgehead atoms. The third-order valence-corrected chi connectivity index (χ3v) is 4.79. The van der Waals surface area contributed by atoms with Crippen LogP contribution in [-0.4, -0.2) is 25.4 Å². The van der Waals surface area contributed by atoms with Crippen molar-refractivity contribution in [3.05, 3.63) is 89.5 Å². The van der Waals surface area contributed by atoms with Crippen molar-refractivity contribution in [1.29, 1.82) is 0 Å². The van der Waals surface area contributed by atoms with Crippen molar-refractivity contribution in [1.82, 2.24) is 19.5 Å². The molecule has 4 rings (SSSR count). The summed E-state index contributed by atoms with van der Waals surface area (Å²) in [5.74, 6) is 1.08. The van der Waals surface area contributed by atoms with Gasteiger partial charge in [0, 0.05) is 40.4 Å². The lowest BCUT2D eigenvalue weighted by Crippen LogP contribution is -2.15. The summed E-state index contributed by atoms with van der Waals surface area (Å²) in [6.45, 7) is 1.81. The number of carbonyl (C=O) groups excluding carboxylic acids is 1. The summed E-state index contributed by atoms with van der Waals surface area (Å²) >= 11 is 5.99. The van der Waals surface area contributed by atoms with E-state index in [-0.39, 0.29) is 22.9 Å². The lowest BCUT2D eigenvalue weighted by Gasteiger charge is -2.11. The number of benzene rings is 2. The van der Waals surface area contributed by atoms with Gasteiger partial charge in [-0.3, -0.25) is 9.36 Å². The monoisotopic (exact) mass is 436 g/mol. The second-order valence-electron chi connectivity index (χ2n) is 6.76. The van der Waals surface area contributed by atoms with Crippen molar-refractivity contribution in [2.24, 2.45) is 0 Å². The molecule has 0 aliphatic carbocycles. The van der Waals surface area contributed by atoms with Gasteiger partial charge in [0.05, 0.1) is 6.42 Å². The highest BCUT2D eigenvalue weighted by Crippen LogP contribution is 2.22. The summed E-state index contributed by atoms with van der Waals surface area (Å²) in [4.78, 5) is 25.1. The van der Waals surface area contributed by atoms with Crippen molar-refractivity contribution in [3.63, 3.8) is 0 Å². The zero-order valence-corrected chi connectivity index (χ0v) is 17.3. The molecular weight excluding hydrogens is 419 g/mol. The molecule has 0 saturated carbocycles. The highest BCUT2D eigenvalue weighted by atomic mass is 35.5. The van der Waals surface area contributed by atoms with E-state index in [0.717, 1.165) is 5.69 Å². The maximum atomic E-state index is 13.9. The molecule has 4 aromatic rings. The van der Waals surface area contributed by atoms with Crippen molar-refractivity contribution < 1.29 is 9.18 Å². The molecule has 156 valence electrons. The number of aryl methyl sites for hydroxylation is 1. The first-order valence-electron chi connectivity index (χ1n) is 9.42. The number of anilines is 3. The highest BCUT2D eigenvalue weighted by molar-refractivity contribution is 6.31. The molecule has 9 heteroatoms. The number of rotatable bonds is 6. The predicted octanol–water partition coefficient (Wildman–Crippen LogP) is 4.69. The van der Waals surface area contributed by atoms with Gasteiger partial charge in [-0.2, -0.15) is 0 Å². The Morgan fingerprint density at radius 3 is 2.61 bits per heavy atom. The van der Waals surface area contributed by atoms with Gasteiger partial charge in [0.25, 0.3) is 0 Å². The first kappa shape index (κ1) is 20.5. The molecule has 0 unspecified atom stereocenters. The third-order valence-electron chi connectivity index (χ3n) is 4.43. The number of halogens is 2. The predicted molar refractivity (Wildman–Crippen MR) is 117 cm³/mol. The van der Waals surface area contributed by atoms with Crippen molar-refractivity contribution >= 4 is 34.7 Å². The number of nitrogens with zero attached hydrogens (tertiary/aromatic N) is 4. The van der Waals surface area contributed by atoms with Gasteiger partial charge in [-0.25, -0.2) is 19.3 Å². The number of amides is 1. The minimum absolute atomic E-state index is 0.150. The molecule has 2 aromatic heterocycles. The Morgan fingerprint density at radius 2 is 1.90 bits per heavy atom. The topological polar surface area (TPSA) is 84.7 Å². The van der Waals surface area contributed by atoms with E-state index in [1.807, 2.05) is 13.0 Å². The van der Waals surface area contributed by atoms with Gasteiger partial charge in [0.2, 0.25) is 5.91 Å². The summed E-state index contributed by atoms with van der Waals surface area (Å²) in [6.07, 6.45) is 5.00. The maximum Gasteiger partial charge on any atom is 0.228 e. The zero-order chi connectivity index (χ0) is 21.8. The Kier molecular flexibility index (Phi) is 5.90. The zero-order valence-electron chi connectivity index (χ0n) is 16.5. The molecule has 0 aliphatic rings. The minimum Gasteiger partial charge on any atom is -0.340 e. The number of aromatic nitrogens is 4. The van der Waals surface area contributed by atoms with E-state index in [1.165, 1.54) is 12.1 Å². The van der Waals surface area contributed by atoms with Crippen LogP contribution in [0.2, 0.25) is 5.02 Å². The fraction of sp³-hybridized carbons (Fsp3) is 0.0909. The SMILES string of the molecule is Cc1nc(Nc2ccc(NC(=O)Cc3c(F)cccc3Cl)cc2)cc(-n2ccnc2)n1. The first-order valence-corrected chi connectivity index (χ1v) is 9.79. The molecule has 2 N–H and O–H groups in total. The lowest BCUT2D eigenvalue weighted by molar-refractivity contribution is -0.115. The molecule has 0 atom stereocenters. The van der Waals surface area contributed by atoms with Gasteiger partial charge >= 0.3 is 0 Å². The Morgan fingerprint density at radius 1 is 1.13 bits per heavy atom.